The Balaban J connectivity index is 1.83. The van der Waals surface area contributed by atoms with Gasteiger partial charge in [0, 0.05) is 11.9 Å². The summed E-state index contributed by atoms with van der Waals surface area (Å²) < 4.78 is 46.2. The molecule has 25 heavy (non-hydrogen) atoms. The lowest BCUT2D eigenvalue weighted by Gasteiger charge is -2.26. The average Bonchev–Trinajstić information content (AvgIpc) is 2.58. The van der Waals surface area contributed by atoms with E-state index in [4.69, 9.17) is 4.74 Å². The van der Waals surface area contributed by atoms with Crippen molar-refractivity contribution in [2.75, 3.05) is 18.6 Å². The number of thiol groups is 1. The van der Waals surface area contributed by atoms with Gasteiger partial charge in [-0.05, 0) is 24.3 Å². The molecule has 0 saturated carbocycles. The van der Waals surface area contributed by atoms with Gasteiger partial charge < -0.3 is 14.4 Å². The number of nitrogens with zero attached hydrogens (tertiary/aromatic N) is 4. The molecule has 0 radical (unpaired) electrons. The van der Waals surface area contributed by atoms with Crippen LogP contribution in [0.15, 0.2) is 35.5 Å². The lowest BCUT2D eigenvalue weighted by molar-refractivity contribution is -0.153. The largest absolute Gasteiger partial charge is 0.484 e. The van der Waals surface area contributed by atoms with Gasteiger partial charge in [-0.1, -0.05) is 0 Å². The SMILES string of the molecule is COc1cnc2c(n1)=NC(S)N(c1ccc(OCC(F)(F)F)cc1)C=2. The van der Waals surface area contributed by atoms with Gasteiger partial charge in [0.15, 0.2) is 17.6 Å². The standard InChI is InChI=1S/C15H13F3N4O2S/c1-23-12-6-19-11-7-22(14(25)21-13(11)20-12)9-2-4-10(5-3-9)24-8-15(16,17)18/h2-7,14,25H,8H2,1H3. The van der Waals surface area contributed by atoms with Crippen molar-refractivity contribution in [1.29, 1.82) is 0 Å². The Kier molecular flexibility index (Phi) is 4.71. The van der Waals surface area contributed by atoms with Gasteiger partial charge >= 0.3 is 6.18 Å². The molecule has 0 saturated heterocycles. The molecule has 6 nitrogen and oxygen atoms in total. The van der Waals surface area contributed by atoms with Gasteiger partial charge in [-0.2, -0.15) is 18.2 Å². The van der Waals surface area contributed by atoms with Gasteiger partial charge in [0.1, 0.15) is 11.1 Å². The van der Waals surface area contributed by atoms with E-state index in [1.807, 2.05) is 0 Å². The number of fused-ring (bicyclic) bond motifs is 1. The van der Waals surface area contributed by atoms with E-state index >= 15 is 0 Å². The van der Waals surface area contributed by atoms with Crippen molar-refractivity contribution < 1.29 is 22.6 Å². The quantitative estimate of drug-likeness (QED) is 0.827. The van der Waals surface area contributed by atoms with E-state index in [0.29, 0.717) is 22.4 Å². The Morgan fingerprint density at radius 2 is 1.96 bits per heavy atom. The van der Waals surface area contributed by atoms with Crippen LogP contribution in [0.5, 0.6) is 11.6 Å². The number of halogens is 3. The number of hydrogen-bond acceptors (Lipinski definition) is 7. The molecule has 2 aromatic rings. The van der Waals surface area contributed by atoms with Crippen molar-refractivity contribution in [2.45, 2.75) is 11.7 Å². The highest BCUT2D eigenvalue weighted by molar-refractivity contribution is 7.81. The lowest BCUT2D eigenvalue weighted by Crippen LogP contribution is -2.43. The molecule has 1 aromatic heterocycles. The minimum atomic E-state index is -4.38. The van der Waals surface area contributed by atoms with E-state index in [9.17, 15) is 13.2 Å². The van der Waals surface area contributed by atoms with E-state index in [0.717, 1.165) is 0 Å². The lowest BCUT2D eigenvalue weighted by atomic mass is 10.3. The van der Waals surface area contributed by atoms with Gasteiger partial charge in [0.25, 0.3) is 0 Å². The molecule has 0 bridgehead atoms. The van der Waals surface area contributed by atoms with Crippen LogP contribution in [0, 0.1) is 0 Å². The van der Waals surface area contributed by atoms with Gasteiger partial charge in [-0.25, -0.2) is 9.98 Å². The minimum Gasteiger partial charge on any atom is -0.484 e. The third kappa shape index (κ3) is 4.13. The zero-order valence-corrected chi connectivity index (χ0v) is 13.8. The highest BCUT2D eigenvalue weighted by Gasteiger charge is 2.28. The summed E-state index contributed by atoms with van der Waals surface area (Å²) in [5.74, 6) is 0.465. The third-order valence-corrected chi connectivity index (χ3v) is 3.62. The molecule has 0 N–H and O–H groups in total. The van der Waals surface area contributed by atoms with Crippen LogP contribution >= 0.6 is 12.6 Å². The highest BCUT2D eigenvalue weighted by atomic mass is 32.1. The van der Waals surface area contributed by atoms with E-state index < -0.39 is 18.3 Å². The van der Waals surface area contributed by atoms with Crippen molar-refractivity contribution in [2.24, 2.45) is 4.99 Å². The molecule has 1 unspecified atom stereocenters. The van der Waals surface area contributed by atoms with E-state index in [2.05, 4.69) is 32.3 Å². The van der Waals surface area contributed by atoms with Crippen molar-refractivity contribution in [3.05, 3.63) is 41.3 Å². The van der Waals surface area contributed by atoms with Gasteiger partial charge in [0.2, 0.25) is 5.88 Å². The molecule has 2 heterocycles. The Bertz CT molecular complexity index is 874. The van der Waals surface area contributed by atoms with Crippen molar-refractivity contribution in [3.63, 3.8) is 0 Å². The maximum atomic E-state index is 12.2. The Morgan fingerprint density at radius 1 is 1.24 bits per heavy atom. The first-order valence-electron chi connectivity index (χ1n) is 7.08. The summed E-state index contributed by atoms with van der Waals surface area (Å²) in [4.78, 5) is 14.4. The summed E-state index contributed by atoms with van der Waals surface area (Å²) >= 11 is 4.40. The number of aromatic nitrogens is 2. The molecule has 3 rings (SSSR count). The predicted octanol–water partition coefficient (Wildman–Crippen LogP) is 1.52. The monoisotopic (exact) mass is 370 g/mol. The first-order chi connectivity index (χ1) is 11.9. The second-order valence-corrected chi connectivity index (χ2v) is 5.49. The van der Waals surface area contributed by atoms with Gasteiger partial charge in [0.05, 0.1) is 13.3 Å². The van der Waals surface area contributed by atoms with Crippen molar-refractivity contribution in [3.8, 4) is 11.6 Å². The maximum absolute atomic E-state index is 12.2. The Morgan fingerprint density at radius 3 is 2.60 bits per heavy atom. The molecule has 0 amide bonds. The fraction of sp³-hybridized carbons (Fsp3) is 0.267. The minimum absolute atomic E-state index is 0.121. The molecular formula is C15H13F3N4O2S. The van der Waals surface area contributed by atoms with Crippen LogP contribution in [0.25, 0.3) is 6.20 Å². The van der Waals surface area contributed by atoms with Crippen molar-refractivity contribution in [1.82, 2.24) is 9.97 Å². The van der Waals surface area contributed by atoms with Gasteiger partial charge in [-0.15, -0.1) is 12.6 Å². The number of benzene rings is 1. The number of ether oxygens (including phenoxy) is 2. The topological polar surface area (TPSA) is 59.8 Å². The smallest absolute Gasteiger partial charge is 0.422 e. The van der Waals surface area contributed by atoms with Crippen LogP contribution in [-0.4, -0.2) is 35.4 Å². The third-order valence-electron chi connectivity index (χ3n) is 3.25. The molecule has 0 fully saturated rings. The summed E-state index contributed by atoms with van der Waals surface area (Å²) in [7, 11) is 1.48. The molecule has 1 atom stereocenters. The number of methoxy groups -OCH3 is 1. The fourth-order valence-electron chi connectivity index (χ4n) is 2.11. The van der Waals surface area contributed by atoms with Crippen LogP contribution in [-0.2, 0) is 0 Å². The van der Waals surface area contributed by atoms with E-state index in [1.54, 1.807) is 23.2 Å². The molecule has 1 aliphatic heterocycles. The molecule has 132 valence electrons. The van der Waals surface area contributed by atoms with Crippen LogP contribution in [0.2, 0.25) is 0 Å². The molecule has 1 aromatic carbocycles. The number of anilines is 1. The van der Waals surface area contributed by atoms with Crippen LogP contribution in [0.1, 0.15) is 0 Å². The second kappa shape index (κ2) is 6.79. The zero-order valence-electron chi connectivity index (χ0n) is 12.9. The van der Waals surface area contributed by atoms with Crippen LogP contribution in [0.4, 0.5) is 18.9 Å². The number of alkyl halides is 3. The highest BCUT2D eigenvalue weighted by Crippen LogP contribution is 2.25. The zero-order chi connectivity index (χ0) is 18.0. The Labute approximate surface area is 146 Å². The van der Waals surface area contributed by atoms with E-state index in [1.165, 1.54) is 25.4 Å². The normalized spacial score (nSPS) is 16.5. The summed E-state index contributed by atoms with van der Waals surface area (Å²) in [5, 5.41) is 0.531. The van der Waals surface area contributed by atoms with E-state index in [-0.39, 0.29) is 5.75 Å². The Hall–Kier alpha value is -2.49. The average molecular weight is 370 g/mol. The molecule has 1 aliphatic rings. The first kappa shape index (κ1) is 17.3. The summed E-state index contributed by atoms with van der Waals surface area (Å²) in [6, 6.07) is 6.13. The summed E-state index contributed by atoms with van der Waals surface area (Å²) in [6.45, 7) is -1.34. The maximum Gasteiger partial charge on any atom is 0.422 e. The molecule has 10 heteroatoms. The van der Waals surface area contributed by atoms with Crippen molar-refractivity contribution >= 4 is 24.5 Å². The number of rotatable bonds is 4. The molecule has 0 spiro atoms. The first-order valence-corrected chi connectivity index (χ1v) is 7.60. The number of hydrogen-bond donors (Lipinski definition) is 1. The van der Waals surface area contributed by atoms with Crippen LogP contribution in [0.3, 0.4) is 0 Å². The predicted molar refractivity (Wildman–Crippen MR) is 87.1 cm³/mol. The summed E-state index contributed by atoms with van der Waals surface area (Å²) in [6.07, 6.45) is -1.20. The van der Waals surface area contributed by atoms with Gasteiger partial charge in [-0.3, -0.25) is 0 Å². The molecule has 0 aliphatic carbocycles. The van der Waals surface area contributed by atoms with Crippen LogP contribution < -0.4 is 25.2 Å². The second-order valence-electron chi connectivity index (χ2n) is 5.03. The summed E-state index contributed by atoms with van der Waals surface area (Å²) in [5.41, 5.74) is 0.517. The fourth-order valence-corrected chi connectivity index (χ4v) is 2.42. The molecular weight excluding hydrogens is 357 g/mol.